The quantitative estimate of drug-likeness (QED) is 0.875. The second-order valence-electron chi connectivity index (χ2n) is 4.76. The molecule has 19 heavy (non-hydrogen) atoms. The second kappa shape index (κ2) is 5.14. The molecule has 0 atom stereocenters. The third kappa shape index (κ3) is 2.76. The molecule has 0 radical (unpaired) electrons. The maximum Gasteiger partial charge on any atom is 0.229 e. The Balaban J connectivity index is 2.24. The SMILES string of the molecule is CC(C)=C(N)NC(=O)Cc1cccc2cnn(C)c12. The average molecular weight is 258 g/mol. The molecular weight excluding hydrogens is 240 g/mol. The minimum absolute atomic E-state index is 0.118. The highest BCUT2D eigenvalue weighted by Crippen LogP contribution is 2.18. The van der Waals surface area contributed by atoms with Gasteiger partial charge in [-0.2, -0.15) is 5.10 Å². The zero-order valence-corrected chi connectivity index (χ0v) is 11.4. The van der Waals surface area contributed by atoms with E-state index >= 15 is 0 Å². The Morgan fingerprint density at radius 2 is 2.16 bits per heavy atom. The molecule has 0 fully saturated rings. The number of nitrogens with one attached hydrogen (secondary N) is 1. The first kappa shape index (κ1) is 13.1. The van der Waals surface area contributed by atoms with Gasteiger partial charge in [0.2, 0.25) is 5.91 Å². The second-order valence-corrected chi connectivity index (χ2v) is 4.76. The summed E-state index contributed by atoms with van der Waals surface area (Å²) in [7, 11) is 1.87. The molecule has 2 aromatic rings. The lowest BCUT2D eigenvalue weighted by atomic mass is 10.1. The van der Waals surface area contributed by atoms with E-state index in [0.717, 1.165) is 22.0 Å². The summed E-state index contributed by atoms with van der Waals surface area (Å²) in [5.41, 5.74) is 8.54. The number of para-hydroxylation sites is 1. The van der Waals surface area contributed by atoms with E-state index in [9.17, 15) is 4.79 Å². The highest BCUT2D eigenvalue weighted by atomic mass is 16.1. The largest absolute Gasteiger partial charge is 0.385 e. The predicted octanol–water partition coefficient (Wildman–Crippen LogP) is 1.44. The standard InChI is InChI=1S/C14H18N4O/c1-9(2)14(15)17-12(19)7-10-5-4-6-11-8-16-18(3)13(10)11/h4-6,8H,7,15H2,1-3H3,(H,17,19). The predicted molar refractivity (Wildman–Crippen MR) is 75.1 cm³/mol. The van der Waals surface area contributed by atoms with Gasteiger partial charge < -0.3 is 11.1 Å². The molecule has 0 unspecified atom stereocenters. The number of carbonyl (C=O) groups is 1. The Morgan fingerprint density at radius 1 is 1.42 bits per heavy atom. The van der Waals surface area contributed by atoms with Gasteiger partial charge in [0.1, 0.15) is 5.82 Å². The number of rotatable bonds is 3. The van der Waals surface area contributed by atoms with Crippen LogP contribution < -0.4 is 11.1 Å². The molecule has 1 heterocycles. The van der Waals surface area contributed by atoms with E-state index in [4.69, 9.17) is 5.73 Å². The Hall–Kier alpha value is -2.30. The molecule has 0 saturated carbocycles. The van der Waals surface area contributed by atoms with Crippen LogP contribution in [-0.4, -0.2) is 15.7 Å². The average Bonchev–Trinajstić information content (AvgIpc) is 2.72. The Morgan fingerprint density at radius 3 is 2.84 bits per heavy atom. The van der Waals surface area contributed by atoms with Gasteiger partial charge >= 0.3 is 0 Å². The minimum atomic E-state index is -0.118. The summed E-state index contributed by atoms with van der Waals surface area (Å²) in [6.07, 6.45) is 2.08. The summed E-state index contributed by atoms with van der Waals surface area (Å²) in [5, 5.41) is 7.93. The zero-order chi connectivity index (χ0) is 14.0. The minimum Gasteiger partial charge on any atom is -0.385 e. The highest BCUT2D eigenvalue weighted by molar-refractivity contribution is 5.88. The smallest absolute Gasteiger partial charge is 0.229 e. The Kier molecular flexibility index (Phi) is 3.55. The van der Waals surface area contributed by atoms with E-state index in [1.54, 1.807) is 10.9 Å². The molecule has 5 nitrogen and oxygen atoms in total. The maximum absolute atomic E-state index is 11.9. The number of aromatic nitrogens is 2. The number of fused-ring (bicyclic) bond motifs is 1. The first-order chi connectivity index (χ1) is 8.99. The fraction of sp³-hybridized carbons (Fsp3) is 0.286. The molecule has 1 aromatic carbocycles. The van der Waals surface area contributed by atoms with Crippen molar-refractivity contribution in [3.63, 3.8) is 0 Å². The van der Waals surface area contributed by atoms with Crippen LogP contribution in [0, 0.1) is 0 Å². The number of allylic oxidation sites excluding steroid dienone is 1. The van der Waals surface area contributed by atoms with Gasteiger partial charge in [-0.05, 0) is 25.0 Å². The molecular formula is C14H18N4O. The van der Waals surface area contributed by atoms with Crippen molar-refractivity contribution in [2.75, 3.05) is 0 Å². The van der Waals surface area contributed by atoms with E-state index in [1.165, 1.54) is 0 Å². The molecule has 0 spiro atoms. The lowest BCUT2D eigenvalue weighted by molar-refractivity contribution is -0.119. The molecule has 1 amide bonds. The summed E-state index contributed by atoms with van der Waals surface area (Å²) in [4.78, 5) is 11.9. The molecule has 1 aromatic heterocycles. The first-order valence-corrected chi connectivity index (χ1v) is 6.11. The summed E-state index contributed by atoms with van der Waals surface area (Å²) < 4.78 is 1.78. The van der Waals surface area contributed by atoms with Crippen molar-refractivity contribution in [1.82, 2.24) is 15.1 Å². The topological polar surface area (TPSA) is 72.9 Å². The van der Waals surface area contributed by atoms with Crippen molar-refractivity contribution in [2.24, 2.45) is 12.8 Å². The number of nitrogens with two attached hydrogens (primary N) is 1. The number of aryl methyl sites for hydroxylation is 1. The van der Waals surface area contributed by atoms with Gasteiger partial charge in [-0.15, -0.1) is 0 Å². The van der Waals surface area contributed by atoms with Crippen molar-refractivity contribution in [3.8, 4) is 0 Å². The van der Waals surface area contributed by atoms with E-state index in [1.807, 2.05) is 39.1 Å². The molecule has 5 heteroatoms. The molecule has 0 saturated heterocycles. The highest BCUT2D eigenvalue weighted by Gasteiger charge is 2.10. The lowest BCUT2D eigenvalue weighted by Crippen LogP contribution is -2.29. The van der Waals surface area contributed by atoms with Gasteiger partial charge in [-0.25, -0.2) is 0 Å². The first-order valence-electron chi connectivity index (χ1n) is 6.11. The Labute approximate surface area is 112 Å². The van der Waals surface area contributed by atoms with Crippen molar-refractivity contribution >= 4 is 16.8 Å². The van der Waals surface area contributed by atoms with Crippen molar-refractivity contribution < 1.29 is 4.79 Å². The van der Waals surface area contributed by atoms with Crippen LogP contribution in [0.5, 0.6) is 0 Å². The number of nitrogens with zero attached hydrogens (tertiary/aromatic N) is 2. The van der Waals surface area contributed by atoms with Crippen LogP contribution in [0.1, 0.15) is 19.4 Å². The van der Waals surface area contributed by atoms with E-state index in [0.29, 0.717) is 5.82 Å². The lowest BCUT2D eigenvalue weighted by Gasteiger charge is -2.08. The molecule has 0 aliphatic carbocycles. The normalized spacial score (nSPS) is 10.5. The molecule has 0 bridgehead atoms. The summed E-state index contributed by atoms with van der Waals surface area (Å²) in [5.74, 6) is 0.301. The summed E-state index contributed by atoms with van der Waals surface area (Å²) >= 11 is 0. The maximum atomic E-state index is 11.9. The number of hydrogen-bond acceptors (Lipinski definition) is 3. The van der Waals surface area contributed by atoms with Crippen LogP contribution in [-0.2, 0) is 18.3 Å². The number of hydrogen-bond donors (Lipinski definition) is 2. The number of amides is 1. The Bertz CT molecular complexity index is 651. The third-order valence-electron chi connectivity index (χ3n) is 3.01. The van der Waals surface area contributed by atoms with Gasteiger partial charge in [0.25, 0.3) is 0 Å². The number of carbonyl (C=O) groups excluding carboxylic acids is 1. The fourth-order valence-corrected chi connectivity index (χ4v) is 1.95. The molecule has 0 aliphatic heterocycles. The van der Waals surface area contributed by atoms with Crippen molar-refractivity contribution in [2.45, 2.75) is 20.3 Å². The van der Waals surface area contributed by atoms with Crippen LogP contribution in [0.15, 0.2) is 35.8 Å². The van der Waals surface area contributed by atoms with Crippen LogP contribution in [0.25, 0.3) is 10.9 Å². The fourth-order valence-electron chi connectivity index (χ4n) is 1.95. The molecule has 0 aliphatic rings. The van der Waals surface area contributed by atoms with Crippen molar-refractivity contribution in [3.05, 3.63) is 41.4 Å². The van der Waals surface area contributed by atoms with E-state index in [-0.39, 0.29) is 12.3 Å². The van der Waals surface area contributed by atoms with E-state index < -0.39 is 0 Å². The molecule has 2 rings (SSSR count). The van der Waals surface area contributed by atoms with Crippen LogP contribution in [0.3, 0.4) is 0 Å². The van der Waals surface area contributed by atoms with Gasteiger partial charge in [-0.3, -0.25) is 9.48 Å². The monoisotopic (exact) mass is 258 g/mol. The number of benzene rings is 1. The van der Waals surface area contributed by atoms with Gasteiger partial charge in [0.15, 0.2) is 0 Å². The van der Waals surface area contributed by atoms with Crippen molar-refractivity contribution in [1.29, 1.82) is 0 Å². The van der Waals surface area contributed by atoms with Gasteiger partial charge in [0, 0.05) is 12.4 Å². The van der Waals surface area contributed by atoms with Crippen LogP contribution in [0.2, 0.25) is 0 Å². The van der Waals surface area contributed by atoms with Crippen LogP contribution >= 0.6 is 0 Å². The van der Waals surface area contributed by atoms with Gasteiger partial charge in [0.05, 0.1) is 18.1 Å². The van der Waals surface area contributed by atoms with Gasteiger partial charge in [-0.1, -0.05) is 18.2 Å². The molecule has 100 valence electrons. The van der Waals surface area contributed by atoms with Crippen LogP contribution in [0.4, 0.5) is 0 Å². The molecule has 3 N–H and O–H groups in total. The summed E-state index contributed by atoms with van der Waals surface area (Å²) in [6.45, 7) is 3.72. The third-order valence-corrected chi connectivity index (χ3v) is 3.01. The summed E-state index contributed by atoms with van der Waals surface area (Å²) in [6, 6.07) is 5.84. The van der Waals surface area contributed by atoms with E-state index in [2.05, 4.69) is 10.4 Å². The zero-order valence-electron chi connectivity index (χ0n) is 11.4.